The molecule has 0 heterocycles. The van der Waals surface area contributed by atoms with E-state index in [9.17, 15) is 0 Å². The summed E-state index contributed by atoms with van der Waals surface area (Å²) in [5.41, 5.74) is 1.20. The Balaban J connectivity index is 2.17. The van der Waals surface area contributed by atoms with Crippen LogP contribution in [0.1, 0.15) is 37.8 Å². The lowest BCUT2D eigenvalue weighted by Gasteiger charge is -2.19. The molecule has 1 aromatic rings. The van der Waals surface area contributed by atoms with E-state index >= 15 is 0 Å². The Morgan fingerprint density at radius 3 is 2.69 bits per heavy atom. The monoisotopic (exact) mass is 257 g/mol. The summed E-state index contributed by atoms with van der Waals surface area (Å²) in [6.45, 7) is 3.22. The van der Waals surface area contributed by atoms with Crippen molar-refractivity contribution in [3.63, 3.8) is 0 Å². The van der Waals surface area contributed by atoms with Crippen molar-refractivity contribution in [2.75, 3.05) is 6.54 Å². The van der Waals surface area contributed by atoms with E-state index in [1.165, 1.54) is 18.4 Å². The molecule has 0 saturated heterocycles. The molecule has 1 aromatic carbocycles. The molecular formula is C13H17Cl2N. The van der Waals surface area contributed by atoms with Crippen molar-refractivity contribution >= 4 is 23.2 Å². The third-order valence-corrected chi connectivity index (χ3v) is 3.57. The fourth-order valence-electron chi connectivity index (χ4n) is 2.01. The molecule has 1 saturated carbocycles. The predicted molar refractivity (Wildman–Crippen MR) is 70.2 cm³/mol. The first-order chi connectivity index (χ1) is 7.72. The second-order valence-corrected chi connectivity index (χ2v) is 5.28. The lowest BCUT2D eigenvalue weighted by molar-refractivity contribution is 0.481. The van der Waals surface area contributed by atoms with Gasteiger partial charge in [0.1, 0.15) is 0 Å². The normalized spacial score (nSPS) is 17.4. The number of halogens is 2. The molecular weight excluding hydrogens is 241 g/mol. The van der Waals surface area contributed by atoms with Gasteiger partial charge in [-0.1, -0.05) is 36.2 Å². The number of rotatable bonds is 5. The highest BCUT2D eigenvalue weighted by molar-refractivity contribution is 6.35. The maximum absolute atomic E-state index is 6.25. The first-order valence-electron chi connectivity index (χ1n) is 5.90. The molecule has 1 unspecified atom stereocenters. The topological polar surface area (TPSA) is 12.0 Å². The molecule has 0 aromatic heterocycles. The Kier molecular flexibility index (Phi) is 4.12. The van der Waals surface area contributed by atoms with Gasteiger partial charge in [0, 0.05) is 16.1 Å². The van der Waals surface area contributed by atoms with E-state index in [1.807, 2.05) is 12.1 Å². The zero-order valence-electron chi connectivity index (χ0n) is 9.47. The SMILES string of the molecule is CCCNC(c1ccc(Cl)cc1Cl)C1CC1. The number of hydrogen-bond donors (Lipinski definition) is 1. The summed E-state index contributed by atoms with van der Waals surface area (Å²) in [6.07, 6.45) is 3.76. The molecule has 3 heteroatoms. The van der Waals surface area contributed by atoms with Gasteiger partial charge in [0.25, 0.3) is 0 Å². The standard InChI is InChI=1S/C13H17Cl2N/c1-2-7-16-13(9-3-4-9)11-6-5-10(14)8-12(11)15/h5-6,8-9,13,16H,2-4,7H2,1H3. The highest BCUT2D eigenvalue weighted by atomic mass is 35.5. The van der Waals surface area contributed by atoms with Gasteiger partial charge in [-0.05, 0) is 49.4 Å². The Bertz CT molecular complexity index is 361. The molecule has 0 aliphatic heterocycles. The maximum Gasteiger partial charge on any atom is 0.0468 e. The van der Waals surface area contributed by atoms with Crippen LogP contribution >= 0.6 is 23.2 Å². The molecule has 16 heavy (non-hydrogen) atoms. The van der Waals surface area contributed by atoms with Gasteiger partial charge >= 0.3 is 0 Å². The van der Waals surface area contributed by atoms with E-state index in [1.54, 1.807) is 0 Å². The zero-order chi connectivity index (χ0) is 11.5. The van der Waals surface area contributed by atoms with Crippen molar-refractivity contribution < 1.29 is 0 Å². The van der Waals surface area contributed by atoms with Crippen LogP contribution in [-0.2, 0) is 0 Å². The molecule has 1 fully saturated rings. The molecule has 1 aliphatic carbocycles. The Morgan fingerprint density at radius 1 is 1.38 bits per heavy atom. The molecule has 1 aliphatic rings. The van der Waals surface area contributed by atoms with Crippen LogP contribution in [0.25, 0.3) is 0 Å². The van der Waals surface area contributed by atoms with Crippen molar-refractivity contribution in [1.82, 2.24) is 5.32 Å². The van der Waals surface area contributed by atoms with E-state index in [2.05, 4.69) is 18.3 Å². The highest BCUT2D eigenvalue weighted by Crippen LogP contribution is 2.43. The van der Waals surface area contributed by atoms with Crippen LogP contribution < -0.4 is 5.32 Å². The lowest BCUT2D eigenvalue weighted by Crippen LogP contribution is -2.24. The van der Waals surface area contributed by atoms with E-state index in [4.69, 9.17) is 23.2 Å². The van der Waals surface area contributed by atoms with Gasteiger partial charge in [-0.3, -0.25) is 0 Å². The molecule has 1 N–H and O–H groups in total. The van der Waals surface area contributed by atoms with E-state index < -0.39 is 0 Å². The average molecular weight is 258 g/mol. The van der Waals surface area contributed by atoms with Gasteiger partial charge < -0.3 is 5.32 Å². The second-order valence-electron chi connectivity index (χ2n) is 4.44. The van der Waals surface area contributed by atoms with Crippen molar-refractivity contribution in [3.05, 3.63) is 33.8 Å². The number of benzene rings is 1. The average Bonchev–Trinajstić information content (AvgIpc) is 3.05. The Hall–Kier alpha value is -0.240. The van der Waals surface area contributed by atoms with Crippen LogP contribution in [0.2, 0.25) is 10.0 Å². The summed E-state index contributed by atoms with van der Waals surface area (Å²) in [4.78, 5) is 0. The first-order valence-corrected chi connectivity index (χ1v) is 6.66. The fraction of sp³-hybridized carbons (Fsp3) is 0.538. The van der Waals surface area contributed by atoms with Crippen LogP contribution in [-0.4, -0.2) is 6.54 Å². The third kappa shape index (κ3) is 2.91. The first kappa shape index (κ1) is 12.2. The van der Waals surface area contributed by atoms with Gasteiger partial charge in [0.2, 0.25) is 0 Å². The Labute approximate surface area is 107 Å². The van der Waals surface area contributed by atoms with Crippen molar-refractivity contribution in [3.8, 4) is 0 Å². The minimum atomic E-state index is 0.407. The van der Waals surface area contributed by atoms with Gasteiger partial charge in [-0.25, -0.2) is 0 Å². The van der Waals surface area contributed by atoms with Crippen LogP contribution in [0, 0.1) is 5.92 Å². The van der Waals surface area contributed by atoms with E-state index in [-0.39, 0.29) is 0 Å². The Morgan fingerprint density at radius 2 is 2.12 bits per heavy atom. The van der Waals surface area contributed by atoms with E-state index in [0.717, 1.165) is 23.9 Å². The predicted octanol–water partition coefficient (Wildman–Crippen LogP) is 4.44. The fourth-order valence-corrected chi connectivity index (χ4v) is 2.54. The quantitative estimate of drug-likeness (QED) is 0.823. The summed E-state index contributed by atoms with van der Waals surface area (Å²) >= 11 is 12.2. The maximum atomic E-state index is 6.25. The summed E-state index contributed by atoms with van der Waals surface area (Å²) in [7, 11) is 0. The van der Waals surface area contributed by atoms with Gasteiger partial charge in [-0.15, -0.1) is 0 Å². The third-order valence-electron chi connectivity index (χ3n) is 3.01. The minimum absolute atomic E-state index is 0.407. The molecule has 1 nitrogen and oxygen atoms in total. The summed E-state index contributed by atoms with van der Waals surface area (Å²) in [6, 6.07) is 6.22. The lowest BCUT2D eigenvalue weighted by atomic mass is 10.0. The van der Waals surface area contributed by atoms with E-state index in [0.29, 0.717) is 11.1 Å². The smallest absolute Gasteiger partial charge is 0.0468 e. The molecule has 0 spiro atoms. The minimum Gasteiger partial charge on any atom is -0.310 e. The number of nitrogens with one attached hydrogen (secondary N) is 1. The summed E-state index contributed by atoms with van der Waals surface area (Å²) in [5, 5.41) is 5.07. The summed E-state index contributed by atoms with van der Waals surface area (Å²) < 4.78 is 0. The van der Waals surface area contributed by atoms with Crippen LogP contribution in [0.15, 0.2) is 18.2 Å². The van der Waals surface area contributed by atoms with Crippen LogP contribution in [0.3, 0.4) is 0 Å². The molecule has 88 valence electrons. The van der Waals surface area contributed by atoms with Crippen LogP contribution in [0.4, 0.5) is 0 Å². The molecule has 0 radical (unpaired) electrons. The van der Waals surface area contributed by atoms with Gasteiger partial charge in [0.15, 0.2) is 0 Å². The molecule has 0 amide bonds. The second kappa shape index (κ2) is 5.39. The van der Waals surface area contributed by atoms with Gasteiger partial charge in [0.05, 0.1) is 0 Å². The zero-order valence-corrected chi connectivity index (χ0v) is 11.0. The molecule has 1 atom stereocenters. The van der Waals surface area contributed by atoms with Crippen molar-refractivity contribution in [2.45, 2.75) is 32.2 Å². The molecule has 2 rings (SSSR count). The summed E-state index contributed by atoms with van der Waals surface area (Å²) in [5.74, 6) is 0.755. The molecule has 0 bridgehead atoms. The number of hydrogen-bond acceptors (Lipinski definition) is 1. The van der Waals surface area contributed by atoms with Gasteiger partial charge in [-0.2, -0.15) is 0 Å². The van der Waals surface area contributed by atoms with Crippen molar-refractivity contribution in [1.29, 1.82) is 0 Å². The van der Waals surface area contributed by atoms with Crippen molar-refractivity contribution in [2.24, 2.45) is 5.92 Å². The van der Waals surface area contributed by atoms with Crippen LogP contribution in [0.5, 0.6) is 0 Å². The highest BCUT2D eigenvalue weighted by Gasteiger charge is 2.32. The largest absolute Gasteiger partial charge is 0.310 e.